The number of aromatic nitrogens is 2. The van der Waals surface area contributed by atoms with Crippen molar-refractivity contribution in [2.24, 2.45) is 5.92 Å². The lowest BCUT2D eigenvalue weighted by Crippen LogP contribution is -1.92. The fourth-order valence-corrected chi connectivity index (χ4v) is 2.07. The highest BCUT2D eigenvalue weighted by molar-refractivity contribution is 14.1. The van der Waals surface area contributed by atoms with E-state index in [1.165, 1.54) is 6.42 Å². The molecule has 0 aliphatic rings. The van der Waals surface area contributed by atoms with Crippen molar-refractivity contribution in [2.75, 3.05) is 5.75 Å². The fraction of sp³-hybridized carbons (Fsp3) is 0.556. The molecule has 0 N–H and O–H groups in total. The number of rotatable bonds is 4. The molecule has 4 heteroatoms. The van der Waals surface area contributed by atoms with Gasteiger partial charge in [-0.05, 0) is 34.9 Å². The second-order valence-electron chi connectivity index (χ2n) is 3.21. The molecule has 1 aromatic rings. The van der Waals surface area contributed by atoms with Crippen LogP contribution in [0.2, 0.25) is 0 Å². The standard InChI is InChI=1S/C9H13IN2S/c1-7(2)3-4-13-9-11-5-8(10)6-12-9/h5-7H,3-4H2,1-2H3. The van der Waals surface area contributed by atoms with E-state index in [9.17, 15) is 0 Å². The van der Waals surface area contributed by atoms with Crippen LogP contribution in [0.1, 0.15) is 20.3 Å². The summed E-state index contributed by atoms with van der Waals surface area (Å²) in [7, 11) is 0. The number of nitrogens with zero attached hydrogens (tertiary/aromatic N) is 2. The zero-order valence-electron chi connectivity index (χ0n) is 7.83. The molecule has 0 aliphatic heterocycles. The molecule has 72 valence electrons. The molecule has 0 aromatic carbocycles. The molecule has 0 atom stereocenters. The van der Waals surface area contributed by atoms with Crippen LogP contribution in [-0.4, -0.2) is 15.7 Å². The average Bonchev–Trinajstić information content (AvgIpc) is 2.08. The van der Waals surface area contributed by atoms with Gasteiger partial charge in [-0.3, -0.25) is 0 Å². The molecule has 0 saturated carbocycles. The van der Waals surface area contributed by atoms with E-state index in [4.69, 9.17) is 0 Å². The fourth-order valence-electron chi connectivity index (χ4n) is 0.761. The van der Waals surface area contributed by atoms with Crippen molar-refractivity contribution in [3.05, 3.63) is 16.0 Å². The molecular formula is C9H13IN2S. The third-order valence-corrected chi connectivity index (χ3v) is 2.99. The Balaban J connectivity index is 2.33. The van der Waals surface area contributed by atoms with Crippen molar-refractivity contribution in [1.29, 1.82) is 0 Å². The summed E-state index contributed by atoms with van der Waals surface area (Å²) in [5, 5.41) is 0.890. The van der Waals surface area contributed by atoms with Crippen molar-refractivity contribution < 1.29 is 0 Å². The molecule has 0 amide bonds. The molecule has 2 nitrogen and oxygen atoms in total. The van der Waals surface area contributed by atoms with Gasteiger partial charge in [0.05, 0.1) is 0 Å². The van der Waals surface area contributed by atoms with Gasteiger partial charge in [-0.25, -0.2) is 9.97 Å². The van der Waals surface area contributed by atoms with Crippen LogP contribution < -0.4 is 0 Å². The second kappa shape index (κ2) is 5.80. The molecule has 1 heterocycles. The Morgan fingerprint density at radius 1 is 1.38 bits per heavy atom. The molecule has 0 aliphatic carbocycles. The van der Waals surface area contributed by atoms with Gasteiger partial charge in [0.15, 0.2) is 5.16 Å². The van der Waals surface area contributed by atoms with Crippen LogP contribution in [0.3, 0.4) is 0 Å². The van der Waals surface area contributed by atoms with E-state index in [-0.39, 0.29) is 0 Å². The normalized spacial score (nSPS) is 10.8. The molecule has 0 fully saturated rings. The Kier molecular flexibility index (Phi) is 5.01. The highest BCUT2D eigenvalue weighted by Gasteiger charge is 1.98. The van der Waals surface area contributed by atoms with E-state index in [2.05, 4.69) is 46.4 Å². The average molecular weight is 308 g/mol. The van der Waals surface area contributed by atoms with E-state index in [0.717, 1.165) is 20.4 Å². The summed E-state index contributed by atoms with van der Waals surface area (Å²) in [6.45, 7) is 4.46. The summed E-state index contributed by atoms with van der Waals surface area (Å²) in [5.41, 5.74) is 0. The minimum atomic E-state index is 0.761. The summed E-state index contributed by atoms with van der Waals surface area (Å²) in [6, 6.07) is 0. The number of thioether (sulfide) groups is 1. The summed E-state index contributed by atoms with van der Waals surface area (Å²) >= 11 is 3.94. The van der Waals surface area contributed by atoms with Gasteiger partial charge in [0.1, 0.15) is 0 Å². The van der Waals surface area contributed by atoms with E-state index < -0.39 is 0 Å². The van der Waals surface area contributed by atoms with Crippen molar-refractivity contribution in [3.8, 4) is 0 Å². The van der Waals surface area contributed by atoms with Gasteiger partial charge in [0.2, 0.25) is 0 Å². The number of hydrogen-bond donors (Lipinski definition) is 0. The van der Waals surface area contributed by atoms with Gasteiger partial charge < -0.3 is 0 Å². The van der Waals surface area contributed by atoms with Crippen LogP contribution in [0.4, 0.5) is 0 Å². The van der Waals surface area contributed by atoms with Crippen molar-refractivity contribution in [3.63, 3.8) is 0 Å². The molecule has 0 radical (unpaired) electrons. The Labute approximate surface area is 97.1 Å². The summed E-state index contributed by atoms with van der Waals surface area (Å²) in [4.78, 5) is 8.44. The van der Waals surface area contributed by atoms with Crippen LogP contribution in [0, 0.1) is 9.49 Å². The first-order valence-corrected chi connectivity index (χ1v) is 6.35. The maximum absolute atomic E-state index is 4.22. The Bertz CT molecular complexity index is 248. The number of halogens is 1. The van der Waals surface area contributed by atoms with Crippen molar-refractivity contribution in [1.82, 2.24) is 9.97 Å². The third kappa shape index (κ3) is 4.81. The maximum Gasteiger partial charge on any atom is 0.187 e. The molecule has 1 aromatic heterocycles. The minimum Gasteiger partial charge on any atom is -0.230 e. The molecule has 0 spiro atoms. The summed E-state index contributed by atoms with van der Waals surface area (Å²) in [6.07, 6.45) is 4.93. The zero-order chi connectivity index (χ0) is 9.68. The van der Waals surface area contributed by atoms with Crippen LogP contribution >= 0.6 is 34.4 Å². The molecule has 1 rings (SSSR count). The summed E-state index contributed by atoms with van der Waals surface area (Å²) < 4.78 is 1.09. The SMILES string of the molecule is CC(C)CCSc1ncc(I)cn1. The zero-order valence-corrected chi connectivity index (χ0v) is 10.8. The van der Waals surface area contributed by atoms with Gasteiger partial charge in [-0.15, -0.1) is 0 Å². The first-order chi connectivity index (χ1) is 6.18. The Morgan fingerprint density at radius 3 is 2.54 bits per heavy atom. The second-order valence-corrected chi connectivity index (χ2v) is 5.52. The molecule has 0 bridgehead atoms. The highest BCUT2D eigenvalue weighted by Crippen LogP contribution is 2.16. The molecule has 0 saturated heterocycles. The van der Waals surface area contributed by atoms with Gasteiger partial charge in [0.25, 0.3) is 0 Å². The minimum absolute atomic E-state index is 0.761. The predicted molar refractivity (Wildman–Crippen MR) is 64.9 cm³/mol. The van der Waals surface area contributed by atoms with Gasteiger partial charge in [-0.2, -0.15) is 0 Å². The maximum atomic E-state index is 4.22. The number of hydrogen-bond acceptors (Lipinski definition) is 3. The van der Waals surface area contributed by atoms with Crippen LogP contribution in [0.5, 0.6) is 0 Å². The highest BCUT2D eigenvalue weighted by atomic mass is 127. The lowest BCUT2D eigenvalue weighted by atomic mass is 10.2. The smallest absolute Gasteiger partial charge is 0.187 e. The molecule has 0 unspecified atom stereocenters. The lowest BCUT2D eigenvalue weighted by molar-refractivity contribution is 0.631. The Morgan fingerprint density at radius 2 is 2.00 bits per heavy atom. The third-order valence-electron chi connectivity index (χ3n) is 1.52. The van der Waals surface area contributed by atoms with E-state index in [0.29, 0.717) is 0 Å². The van der Waals surface area contributed by atoms with Crippen LogP contribution in [0.25, 0.3) is 0 Å². The van der Waals surface area contributed by atoms with Gasteiger partial charge in [0, 0.05) is 21.7 Å². The first kappa shape index (κ1) is 11.2. The van der Waals surface area contributed by atoms with E-state index >= 15 is 0 Å². The van der Waals surface area contributed by atoms with Crippen molar-refractivity contribution in [2.45, 2.75) is 25.4 Å². The van der Waals surface area contributed by atoms with Gasteiger partial charge >= 0.3 is 0 Å². The van der Waals surface area contributed by atoms with E-state index in [1.54, 1.807) is 11.8 Å². The largest absolute Gasteiger partial charge is 0.230 e. The predicted octanol–water partition coefficient (Wildman–Crippen LogP) is 3.22. The topological polar surface area (TPSA) is 25.8 Å². The molecule has 13 heavy (non-hydrogen) atoms. The van der Waals surface area contributed by atoms with Crippen LogP contribution in [-0.2, 0) is 0 Å². The quantitative estimate of drug-likeness (QED) is 0.485. The first-order valence-electron chi connectivity index (χ1n) is 4.29. The van der Waals surface area contributed by atoms with Gasteiger partial charge in [-0.1, -0.05) is 25.6 Å². The molecular weight excluding hydrogens is 295 g/mol. The van der Waals surface area contributed by atoms with E-state index in [1.807, 2.05) is 12.4 Å². The van der Waals surface area contributed by atoms with Crippen molar-refractivity contribution >= 4 is 34.4 Å². The Hall–Kier alpha value is 0.160. The lowest BCUT2D eigenvalue weighted by Gasteiger charge is -2.02. The summed E-state index contributed by atoms with van der Waals surface area (Å²) in [5.74, 6) is 1.87. The monoisotopic (exact) mass is 308 g/mol. The van der Waals surface area contributed by atoms with Crippen LogP contribution in [0.15, 0.2) is 17.6 Å².